The number of hydrogen-bond donors (Lipinski definition) is 1. The smallest absolute Gasteiger partial charge is 0.320 e. The zero-order chi connectivity index (χ0) is 21.5. The average molecular weight is 413 g/mol. The van der Waals surface area contributed by atoms with Crippen molar-refractivity contribution in [1.82, 2.24) is 9.78 Å². The first-order chi connectivity index (χ1) is 14.2. The number of anilines is 1. The fourth-order valence-electron chi connectivity index (χ4n) is 3.69. The highest BCUT2D eigenvalue weighted by molar-refractivity contribution is 6.02. The predicted octanol–water partition coefficient (Wildman–Crippen LogP) is 4.30. The molecule has 154 valence electrons. The lowest BCUT2D eigenvalue weighted by Gasteiger charge is -2.16. The number of para-hydroxylation sites is 1. The summed E-state index contributed by atoms with van der Waals surface area (Å²) in [6, 6.07) is 11.5. The van der Waals surface area contributed by atoms with Gasteiger partial charge in [-0.25, -0.2) is 4.68 Å². The number of aryl methyl sites for hydroxylation is 3. The highest BCUT2D eigenvalue weighted by Crippen LogP contribution is 2.33. The molecule has 0 unspecified atom stereocenters. The third-order valence-corrected chi connectivity index (χ3v) is 5.12. The van der Waals surface area contributed by atoms with Gasteiger partial charge in [-0.05, 0) is 61.6 Å². The molecule has 0 bridgehead atoms. The molecule has 1 aliphatic rings. The van der Waals surface area contributed by atoms with Gasteiger partial charge >= 0.3 is 6.18 Å². The van der Waals surface area contributed by atoms with Crippen LogP contribution in [0.2, 0.25) is 0 Å². The first-order valence-corrected chi connectivity index (χ1v) is 9.45. The first-order valence-electron chi connectivity index (χ1n) is 9.45. The Morgan fingerprint density at radius 1 is 1.07 bits per heavy atom. The maximum atomic E-state index is 13.4. The number of alkyl halides is 3. The van der Waals surface area contributed by atoms with E-state index in [1.165, 1.54) is 30.7 Å². The van der Waals surface area contributed by atoms with Crippen LogP contribution in [0, 0.1) is 6.92 Å². The Kier molecular flexibility index (Phi) is 4.93. The van der Waals surface area contributed by atoms with Crippen LogP contribution in [-0.2, 0) is 19.0 Å². The maximum Gasteiger partial charge on any atom is 0.418 e. The van der Waals surface area contributed by atoms with Gasteiger partial charge in [-0.3, -0.25) is 9.59 Å². The van der Waals surface area contributed by atoms with Crippen LogP contribution in [-0.4, -0.2) is 15.7 Å². The SMILES string of the molecule is Cc1cc(=O)c(C(=O)Nc2ccc3c(c2)CCC3)nn1-c1ccccc1C(F)(F)F. The molecule has 1 N–H and O–H groups in total. The second-order valence-electron chi connectivity index (χ2n) is 7.22. The van der Waals surface area contributed by atoms with E-state index in [1.54, 1.807) is 6.07 Å². The number of carbonyl (C=O) groups is 1. The van der Waals surface area contributed by atoms with Crippen molar-refractivity contribution in [2.24, 2.45) is 0 Å². The second-order valence-corrected chi connectivity index (χ2v) is 7.22. The number of carbonyl (C=O) groups excluding carboxylic acids is 1. The number of nitrogens with zero attached hydrogens (tertiary/aromatic N) is 2. The minimum absolute atomic E-state index is 0.186. The summed E-state index contributed by atoms with van der Waals surface area (Å²) in [6.45, 7) is 1.46. The van der Waals surface area contributed by atoms with Crippen molar-refractivity contribution < 1.29 is 18.0 Å². The molecule has 1 aromatic heterocycles. The summed E-state index contributed by atoms with van der Waals surface area (Å²) in [5.41, 5.74) is 0.775. The zero-order valence-electron chi connectivity index (χ0n) is 16.1. The van der Waals surface area contributed by atoms with Crippen LogP contribution >= 0.6 is 0 Å². The number of aromatic nitrogens is 2. The molecule has 0 atom stereocenters. The quantitative estimate of drug-likeness (QED) is 0.696. The highest BCUT2D eigenvalue weighted by atomic mass is 19.4. The van der Waals surface area contributed by atoms with E-state index < -0.39 is 28.8 Å². The lowest BCUT2D eigenvalue weighted by atomic mass is 10.1. The Bertz CT molecular complexity index is 1200. The molecule has 30 heavy (non-hydrogen) atoms. The van der Waals surface area contributed by atoms with Crippen molar-refractivity contribution in [3.8, 4) is 5.69 Å². The molecule has 1 amide bonds. The zero-order valence-corrected chi connectivity index (χ0v) is 16.1. The van der Waals surface area contributed by atoms with Gasteiger partial charge < -0.3 is 5.32 Å². The number of hydrogen-bond acceptors (Lipinski definition) is 3. The number of nitrogens with one attached hydrogen (secondary N) is 1. The van der Waals surface area contributed by atoms with Gasteiger partial charge in [0.1, 0.15) is 0 Å². The van der Waals surface area contributed by atoms with E-state index in [-0.39, 0.29) is 11.4 Å². The fraction of sp³-hybridized carbons (Fsp3) is 0.227. The van der Waals surface area contributed by atoms with E-state index in [2.05, 4.69) is 10.4 Å². The minimum Gasteiger partial charge on any atom is -0.320 e. The molecule has 2 aromatic carbocycles. The topological polar surface area (TPSA) is 64.0 Å². The van der Waals surface area contributed by atoms with Crippen LogP contribution in [0.15, 0.2) is 53.3 Å². The third-order valence-electron chi connectivity index (χ3n) is 5.12. The summed E-state index contributed by atoms with van der Waals surface area (Å²) in [5.74, 6) is -0.767. The van der Waals surface area contributed by atoms with Crippen LogP contribution in [0.25, 0.3) is 5.69 Å². The standard InChI is InChI=1S/C22H18F3N3O2/c1-13-11-19(29)20(21(30)26-16-10-9-14-5-4-6-15(14)12-16)27-28(13)18-8-3-2-7-17(18)22(23,24)25/h2-3,7-12H,4-6H2,1H3,(H,26,30). The van der Waals surface area contributed by atoms with Gasteiger partial charge in [0.15, 0.2) is 5.69 Å². The van der Waals surface area contributed by atoms with Crippen LogP contribution in [0.4, 0.5) is 18.9 Å². The third kappa shape index (κ3) is 3.72. The Hall–Kier alpha value is -3.42. The number of amides is 1. The van der Waals surface area contributed by atoms with Crippen LogP contribution in [0.1, 0.15) is 39.3 Å². The molecule has 0 aliphatic heterocycles. The second kappa shape index (κ2) is 7.44. The monoisotopic (exact) mass is 413 g/mol. The van der Waals surface area contributed by atoms with Gasteiger partial charge in [0.05, 0.1) is 11.3 Å². The molecule has 3 aromatic rings. The maximum absolute atomic E-state index is 13.4. The van der Waals surface area contributed by atoms with Crippen LogP contribution < -0.4 is 10.7 Å². The molecule has 0 saturated carbocycles. The van der Waals surface area contributed by atoms with Gasteiger partial charge in [-0.2, -0.15) is 18.3 Å². The van der Waals surface area contributed by atoms with Crippen molar-refractivity contribution in [2.75, 3.05) is 5.32 Å². The summed E-state index contributed by atoms with van der Waals surface area (Å²) in [6.07, 6.45) is -1.65. The van der Waals surface area contributed by atoms with Crippen molar-refractivity contribution in [1.29, 1.82) is 0 Å². The van der Waals surface area contributed by atoms with Crippen molar-refractivity contribution >= 4 is 11.6 Å². The molecule has 1 heterocycles. The summed E-state index contributed by atoms with van der Waals surface area (Å²) < 4.78 is 41.2. The van der Waals surface area contributed by atoms with E-state index in [0.29, 0.717) is 5.69 Å². The van der Waals surface area contributed by atoms with E-state index in [9.17, 15) is 22.8 Å². The lowest BCUT2D eigenvalue weighted by Crippen LogP contribution is -2.27. The molecule has 1 aliphatic carbocycles. The Morgan fingerprint density at radius 2 is 1.80 bits per heavy atom. The van der Waals surface area contributed by atoms with Gasteiger partial charge in [-0.1, -0.05) is 18.2 Å². The predicted molar refractivity (Wildman–Crippen MR) is 106 cm³/mol. The number of fused-ring (bicyclic) bond motifs is 1. The number of benzene rings is 2. The van der Waals surface area contributed by atoms with Gasteiger partial charge in [0.2, 0.25) is 5.43 Å². The Labute approximate surface area is 170 Å². The summed E-state index contributed by atoms with van der Waals surface area (Å²) >= 11 is 0. The molecular formula is C22H18F3N3O2. The molecule has 0 fully saturated rings. The Balaban J connectivity index is 1.72. The summed E-state index contributed by atoms with van der Waals surface area (Å²) in [7, 11) is 0. The van der Waals surface area contributed by atoms with Gasteiger partial charge in [-0.15, -0.1) is 0 Å². The lowest BCUT2D eigenvalue weighted by molar-refractivity contribution is -0.137. The summed E-state index contributed by atoms with van der Waals surface area (Å²) in [5, 5.41) is 6.61. The number of rotatable bonds is 3. The van der Waals surface area contributed by atoms with Crippen molar-refractivity contribution in [2.45, 2.75) is 32.4 Å². The van der Waals surface area contributed by atoms with E-state index in [0.717, 1.165) is 41.6 Å². The van der Waals surface area contributed by atoms with Crippen LogP contribution in [0.3, 0.4) is 0 Å². The molecule has 0 radical (unpaired) electrons. The molecule has 0 saturated heterocycles. The molecule has 4 rings (SSSR count). The number of halogens is 3. The molecule has 5 nitrogen and oxygen atoms in total. The normalized spacial score (nSPS) is 13.2. The van der Waals surface area contributed by atoms with E-state index in [1.807, 2.05) is 12.1 Å². The van der Waals surface area contributed by atoms with Crippen molar-refractivity contribution in [3.63, 3.8) is 0 Å². The van der Waals surface area contributed by atoms with Crippen LogP contribution in [0.5, 0.6) is 0 Å². The van der Waals surface area contributed by atoms with Gasteiger partial charge in [0, 0.05) is 17.4 Å². The van der Waals surface area contributed by atoms with Gasteiger partial charge in [0.25, 0.3) is 5.91 Å². The minimum atomic E-state index is -4.61. The highest BCUT2D eigenvalue weighted by Gasteiger charge is 2.34. The molecule has 8 heteroatoms. The molecular weight excluding hydrogens is 395 g/mol. The van der Waals surface area contributed by atoms with E-state index >= 15 is 0 Å². The largest absolute Gasteiger partial charge is 0.418 e. The van der Waals surface area contributed by atoms with E-state index in [4.69, 9.17) is 0 Å². The summed E-state index contributed by atoms with van der Waals surface area (Å²) in [4.78, 5) is 25.1. The fourth-order valence-corrected chi connectivity index (χ4v) is 3.69. The Morgan fingerprint density at radius 3 is 2.57 bits per heavy atom. The first kappa shape index (κ1) is 19.9. The molecule has 0 spiro atoms. The van der Waals surface area contributed by atoms with Crippen molar-refractivity contribution in [3.05, 3.63) is 86.8 Å². The average Bonchev–Trinajstić information content (AvgIpc) is 3.15.